The SMILES string of the molecule is CC(=O)[C@H]1CC[C@H]2[C@@H]3CC[C@H]4C[C@H](O)[C@@H](Br)C[C@]4(C)[C@H]3C(=O)C[C@]12C. The minimum Gasteiger partial charge on any atom is -0.392 e. The summed E-state index contributed by atoms with van der Waals surface area (Å²) in [7, 11) is 0. The fourth-order valence-electron chi connectivity index (χ4n) is 7.72. The summed E-state index contributed by atoms with van der Waals surface area (Å²) in [6, 6.07) is 0. The predicted octanol–water partition coefficient (Wildman–Crippen LogP) is 4.15. The Kier molecular flexibility index (Phi) is 4.28. The molecule has 0 amide bonds. The van der Waals surface area contributed by atoms with Gasteiger partial charge >= 0.3 is 0 Å². The largest absolute Gasteiger partial charge is 0.392 e. The van der Waals surface area contributed by atoms with Crippen molar-refractivity contribution in [2.45, 2.75) is 76.6 Å². The van der Waals surface area contributed by atoms with Crippen LogP contribution in [-0.2, 0) is 9.59 Å². The molecule has 0 aliphatic heterocycles. The average Bonchev–Trinajstić information content (AvgIpc) is 2.85. The molecule has 0 unspecified atom stereocenters. The normalized spacial score (nSPS) is 55.2. The molecule has 4 fully saturated rings. The lowest BCUT2D eigenvalue weighted by molar-refractivity contribution is -0.161. The standard InChI is InChI=1S/C21H31BrO3/c1-11(23)14-6-7-15-13-5-4-12-8-17(24)16(22)9-20(12,2)19(13)18(25)10-21(14,15)3/h12-17,19,24H,4-10H2,1-3H3/t12-,13-,14+,15-,16-,17-,19+,20-,21+/m0/s1. The molecule has 0 aromatic heterocycles. The maximum absolute atomic E-state index is 13.4. The van der Waals surface area contributed by atoms with Crippen LogP contribution < -0.4 is 0 Å². The second kappa shape index (κ2) is 5.89. The van der Waals surface area contributed by atoms with Crippen molar-refractivity contribution in [3.63, 3.8) is 0 Å². The predicted molar refractivity (Wildman–Crippen MR) is 100 cm³/mol. The van der Waals surface area contributed by atoms with Gasteiger partial charge in [0.15, 0.2) is 0 Å². The van der Waals surface area contributed by atoms with E-state index in [1.54, 1.807) is 6.92 Å². The molecule has 4 rings (SSSR count). The van der Waals surface area contributed by atoms with Crippen LogP contribution in [0.4, 0.5) is 0 Å². The van der Waals surface area contributed by atoms with Crippen LogP contribution in [0, 0.1) is 40.4 Å². The second-order valence-electron chi connectivity index (χ2n) is 9.94. The van der Waals surface area contributed by atoms with Crippen LogP contribution in [0.3, 0.4) is 0 Å². The fraction of sp³-hybridized carbons (Fsp3) is 0.905. The molecule has 4 saturated carbocycles. The molecule has 4 heteroatoms. The third kappa shape index (κ3) is 2.46. The quantitative estimate of drug-likeness (QED) is 0.660. The number of Topliss-reactive ketones (excluding diaryl/α,β-unsaturated/α-hetero) is 2. The van der Waals surface area contributed by atoms with Crippen molar-refractivity contribution in [3.05, 3.63) is 0 Å². The molecule has 9 atom stereocenters. The summed E-state index contributed by atoms with van der Waals surface area (Å²) in [5, 5.41) is 10.3. The van der Waals surface area contributed by atoms with Gasteiger partial charge in [-0.05, 0) is 74.0 Å². The first kappa shape index (κ1) is 18.2. The molecule has 0 aromatic carbocycles. The molecule has 140 valence electrons. The van der Waals surface area contributed by atoms with Crippen LogP contribution in [0.2, 0.25) is 0 Å². The summed E-state index contributed by atoms with van der Waals surface area (Å²) in [4.78, 5) is 25.7. The molecule has 0 spiro atoms. The number of aliphatic hydroxyl groups excluding tert-OH is 1. The molecule has 1 N–H and O–H groups in total. The van der Waals surface area contributed by atoms with E-state index >= 15 is 0 Å². The van der Waals surface area contributed by atoms with E-state index in [4.69, 9.17) is 0 Å². The highest BCUT2D eigenvalue weighted by Gasteiger charge is 2.64. The molecule has 4 aliphatic rings. The molecule has 0 radical (unpaired) electrons. The Morgan fingerprint density at radius 1 is 1.16 bits per heavy atom. The summed E-state index contributed by atoms with van der Waals surface area (Å²) >= 11 is 3.68. The van der Waals surface area contributed by atoms with Gasteiger partial charge in [0.05, 0.1) is 6.10 Å². The van der Waals surface area contributed by atoms with Crippen molar-refractivity contribution in [2.75, 3.05) is 0 Å². The fourth-order valence-corrected chi connectivity index (χ4v) is 8.64. The number of rotatable bonds is 1. The van der Waals surface area contributed by atoms with Crippen molar-refractivity contribution < 1.29 is 14.7 Å². The Morgan fingerprint density at radius 3 is 2.56 bits per heavy atom. The number of ketones is 2. The second-order valence-corrected chi connectivity index (χ2v) is 11.1. The Labute approximate surface area is 159 Å². The average molecular weight is 411 g/mol. The molecule has 0 aromatic rings. The lowest BCUT2D eigenvalue weighted by Crippen LogP contribution is -2.59. The Bertz CT molecular complexity index is 604. The number of hydrogen-bond donors (Lipinski definition) is 1. The monoisotopic (exact) mass is 410 g/mol. The lowest BCUT2D eigenvalue weighted by Gasteiger charge is -2.60. The van der Waals surface area contributed by atoms with Crippen LogP contribution >= 0.6 is 15.9 Å². The van der Waals surface area contributed by atoms with Crippen LogP contribution in [0.15, 0.2) is 0 Å². The highest BCUT2D eigenvalue weighted by Crippen LogP contribution is 2.66. The maximum Gasteiger partial charge on any atom is 0.137 e. The molecule has 3 nitrogen and oxygen atoms in total. The van der Waals surface area contributed by atoms with Crippen molar-refractivity contribution in [3.8, 4) is 0 Å². The summed E-state index contributed by atoms with van der Waals surface area (Å²) in [5.41, 5.74) is -0.113. The highest BCUT2D eigenvalue weighted by molar-refractivity contribution is 9.09. The van der Waals surface area contributed by atoms with Crippen LogP contribution in [-0.4, -0.2) is 27.6 Å². The third-order valence-corrected chi connectivity index (χ3v) is 9.75. The van der Waals surface area contributed by atoms with Crippen molar-refractivity contribution in [1.29, 1.82) is 0 Å². The Balaban J connectivity index is 1.69. The summed E-state index contributed by atoms with van der Waals surface area (Å²) < 4.78 is 0. The Hall–Kier alpha value is -0.220. The summed E-state index contributed by atoms with van der Waals surface area (Å²) in [5.74, 6) is 2.29. The molecular formula is C21H31BrO3. The van der Waals surface area contributed by atoms with Crippen molar-refractivity contribution in [1.82, 2.24) is 0 Å². The first-order valence-corrected chi connectivity index (χ1v) is 11.0. The van der Waals surface area contributed by atoms with Gasteiger partial charge in [0.2, 0.25) is 0 Å². The van der Waals surface area contributed by atoms with Crippen LogP contribution in [0.5, 0.6) is 0 Å². The number of alkyl halides is 1. The van der Waals surface area contributed by atoms with E-state index in [0.29, 0.717) is 30.0 Å². The van der Waals surface area contributed by atoms with Crippen molar-refractivity contribution >= 4 is 27.5 Å². The van der Waals surface area contributed by atoms with E-state index in [2.05, 4.69) is 29.8 Å². The maximum atomic E-state index is 13.4. The number of carbonyl (C=O) groups excluding carboxylic acids is 2. The topological polar surface area (TPSA) is 54.4 Å². The van der Waals surface area contributed by atoms with E-state index in [-0.39, 0.29) is 39.4 Å². The van der Waals surface area contributed by atoms with E-state index < -0.39 is 0 Å². The van der Waals surface area contributed by atoms with Gasteiger partial charge in [0.1, 0.15) is 11.6 Å². The lowest BCUT2D eigenvalue weighted by atomic mass is 9.44. The summed E-state index contributed by atoms with van der Waals surface area (Å²) in [6.07, 6.45) is 6.31. The zero-order valence-corrected chi connectivity index (χ0v) is 17.2. The number of hydrogen-bond acceptors (Lipinski definition) is 3. The minimum absolute atomic E-state index is 0.00301. The summed E-state index contributed by atoms with van der Waals surface area (Å²) in [6.45, 7) is 6.24. The smallest absolute Gasteiger partial charge is 0.137 e. The van der Waals surface area contributed by atoms with Gasteiger partial charge in [-0.1, -0.05) is 29.8 Å². The van der Waals surface area contributed by atoms with E-state index in [9.17, 15) is 14.7 Å². The molecule has 0 bridgehead atoms. The van der Waals surface area contributed by atoms with Gasteiger partial charge in [-0.15, -0.1) is 0 Å². The highest BCUT2D eigenvalue weighted by atomic mass is 79.9. The first-order valence-electron chi connectivity index (χ1n) is 10.0. The van der Waals surface area contributed by atoms with Gasteiger partial charge in [-0.25, -0.2) is 0 Å². The first-order chi connectivity index (χ1) is 11.7. The zero-order chi connectivity index (χ0) is 18.1. The molecule has 4 aliphatic carbocycles. The van der Waals surface area contributed by atoms with E-state index in [1.165, 1.54) is 0 Å². The molecular weight excluding hydrogens is 380 g/mol. The van der Waals surface area contributed by atoms with Crippen molar-refractivity contribution in [2.24, 2.45) is 40.4 Å². The van der Waals surface area contributed by atoms with Crippen LogP contribution in [0.25, 0.3) is 0 Å². The Morgan fingerprint density at radius 2 is 1.88 bits per heavy atom. The van der Waals surface area contributed by atoms with Gasteiger partial charge in [0.25, 0.3) is 0 Å². The number of halogens is 1. The van der Waals surface area contributed by atoms with Crippen LogP contribution in [0.1, 0.15) is 65.7 Å². The van der Waals surface area contributed by atoms with Gasteiger partial charge in [-0.2, -0.15) is 0 Å². The van der Waals surface area contributed by atoms with E-state index in [1.807, 2.05) is 0 Å². The minimum atomic E-state index is -0.285. The third-order valence-electron chi connectivity index (χ3n) is 8.82. The molecule has 25 heavy (non-hydrogen) atoms. The van der Waals surface area contributed by atoms with E-state index in [0.717, 1.165) is 38.5 Å². The zero-order valence-electron chi connectivity index (χ0n) is 15.6. The molecule has 0 saturated heterocycles. The number of aliphatic hydroxyl groups is 1. The molecule has 0 heterocycles. The number of fused-ring (bicyclic) bond motifs is 5. The van der Waals surface area contributed by atoms with Gasteiger partial charge in [-0.3, -0.25) is 9.59 Å². The number of carbonyl (C=O) groups is 2. The van der Waals surface area contributed by atoms with Gasteiger partial charge < -0.3 is 5.11 Å². The van der Waals surface area contributed by atoms with Gasteiger partial charge in [0, 0.05) is 23.1 Å².